The summed E-state index contributed by atoms with van der Waals surface area (Å²) in [6.07, 6.45) is 0. The Bertz CT molecular complexity index is 305. The van der Waals surface area contributed by atoms with E-state index in [4.69, 9.17) is 23.2 Å². The molecule has 0 bridgehead atoms. The Morgan fingerprint density at radius 1 is 1.27 bits per heavy atom. The van der Waals surface area contributed by atoms with Crippen molar-refractivity contribution in [3.05, 3.63) is 28.2 Å². The maximum atomic E-state index is 6.03. The predicted molar refractivity (Wildman–Crippen MR) is 73.0 cm³/mol. The van der Waals surface area contributed by atoms with Gasteiger partial charge in [0.2, 0.25) is 0 Å². The lowest BCUT2D eigenvalue weighted by atomic mass is 10.4. The maximum Gasteiger partial charge on any atom is 0.0556 e. The molecule has 1 rings (SSSR count). The summed E-state index contributed by atoms with van der Waals surface area (Å²) in [5, 5.41) is 1.42. The first kappa shape index (κ1) is 15.4. The molecule has 0 radical (unpaired) electrons. The van der Waals surface area contributed by atoms with Crippen molar-refractivity contribution in [2.24, 2.45) is 0 Å². The topological polar surface area (TPSA) is 3.24 Å². The third-order valence-electron chi connectivity index (χ3n) is 1.69. The zero-order valence-electron chi connectivity index (χ0n) is 8.67. The highest BCUT2D eigenvalue weighted by molar-refractivity contribution is 7.99. The van der Waals surface area contributed by atoms with E-state index in [1.807, 2.05) is 12.1 Å². The van der Waals surface area contributed by atoms with Crippen molar-refractivity contribution in [2.75, 3.05) is 26.4 Å². The van der Waals surface area contributed by atoms with Gasteiger partial charge in [0.15, 0.2) is 0 Å². The van der Waals surface area contributed by atoms with Crippen LogP contribution in [-0.4, -0.2) is 31.3 Å². The second kappa shape index (κ2) is 7.64. The minimum absolute atomic E-state index is 0. The standard InChI is InChI=1S/C10H13Cl2NS.ClH/c1-13(2)5-6-14-10-4-3-8(11)7-9(10)12;/h3-4,7H,5-6H2,1-2H3;1H. The molecule has 0 saturated carbocycles. The van der Waals surface area contributed by atoms with Gasteiger partial charge >= 0.3 is 0 Å². The number of halogens is 3. The molecule has 1 nitrogen and oxygen atoms in total. The summed E-state index contributed by atoms with van der Waals surface area (Å²) in [6, 6.07) is 5.61. The average Bonchev–Trinajstić information content (AvgIpc) is 2.08. The minimum atomic E-state index is 0. The van der Waals surface area contributed by atoms with Crippen LogP contribution in [0.2, 0.25) is 10.0 Å². The lowest BCUT2D eigenvalue weighted by Crippen LogP contribution is -2.14. The Morgan fingerprint density at radius 3 is 2.47 bits per heavy atom. The third kappa shape index (κ3) is 5.88. The maximum absolute atomic E-state index is 6.03. The van der Waals surface area contributed by atoms with Crippen LogP contribution in [0.5, 0.6) is 0 Å². The van der Waals surface area contributed by atoms with E-state index in [1.54, 1.807) is 17.8 Å². The van der Waals surface area contributed by atoms with Crippen LogP contribution in [-0.2, 0) is 0 Å². The summed E-state index contributed by atoms with van der Waals surface area (Å²) in [7, 11) is 4.12. The van der Waals surface area contributed by atoms with Crippen LogP contribution in [0.1, 0.15) is 0 Å². The van der Waals surface area contributed by atoms with E-state index >= 15 is 0 Å². The number of thioether (sulfide) groups is 1. The molecule has 0 amide bonds. The fraction of sp³-hybridized carbons (Fsp3) is 0.400. The molecule has 0 atom stereocenters. The van der Waals surface area contributed by atoms with Crippen molar-refractivity contribution in [3.63, 3.8) is 0 Å². The molecule has 0 aliphatic rings. The van der Waals surface area contributed by atoms with Gasteiger partial charge in [0.25, 0.3) is 0 Å². The summed E-state index contributed by atoms with van der Waals surface area (Å²) in [6.45, 7) is 1.05. The highest BCUT2D eigenvalue weighted by Crippen LogP contribution is 2.29. The molecule has 1 aromatic rings. The first-order valence-electron chi connectivity index (χ1n) is 4.32. The quantitative estimate of drug-likeness (QED) is 0.768. The Balaban J connectivity index is 0.00000196. The molecule has 0 fully saturated rings. The van der Waals surface area contributed by atoms with E-state index < -0.39 is 0 Å². The molecule has 0 spiro atoms. The van der Waals surface area contributed by atoms with E-state index in [0.29, 0.717) is 5.02 Å². The molecule has 0 aliphatic carbocycles. The van der Waals surface area contributed by atoms with Crippen molar-refractivity contribution in [1.29, 1.82) is 0 Å². The molecule has 0 saturated heterocycles. The lowest BCUT2D eigenvalue weighted by Gasteiger charge is -2.09. The predicted octanol–water partition coefficient (Wildman–Crippen LogP) is 4.07. The van der Waals surface area contributed by atoms with E-state index in [1.165, 1.54) is 0 Å². The van der Waals surface area contributed by atoms with Crippen LogP contribution in [0, 0.1) is 0 Å². The Morgan fingerprint density at radius 2 is 1.93 bits per heavy atom. The summed E-state index contributed by atoms with van der Waals surface area (Å²) in [4.78, 5) is 3.24. The van der Waals surface area contributed by atoms with Crippen molar-refractivity contribution < 1.29 is 0 Å². The Kier molecular flexibility index (Phi) is 7.84. The zero-order chi connectivity index (χ0) is 10.6. The molecule has 0 aromatic heterocycles. The van der Waals surface area contributed by atoms with Crippen molar-refractivity contribution >= 4 is 47.4 Å². The van der Waals surface area contributed by atoms with Crippen LogP contribution in [0.15, 0.2) is 23.1 Å². The number of hydrogen-bond donors (Lipinski definition) is 0. The van der Waals surface area contributed by atoms with Crippen LogP contribution < -0.4 is 0 Å². The smallest absolute Gasteiger partial charge is 0.0556 e. The van der Waals surface area contributed by atoms with Gasteiger partial charge < -0.3 is 4.90 Å². The molecule has 5 heteroatoms. The van der Waals surface area contributed by atoms with Gasteiger partial charge in [-0.3, -0.25) is 0 Å². The van der Waals surface area contributed by atoms with Gasteiger partial charge in [0, 0.05) is 22.2 Å². The third-order valence-corrected chi connectivity index (χ3v) is 3.40. The lowest BCUT2D eigenvalue weighted by molar-refractivity contribution is 0.437. The molecule has 1 aromatic carbocycles. The van der Waals surface area contributed by atoms with Gasteiger partial charge in [-0.15, -0.1) is 24.2 Å². The average molecular weight is 287 g/mol. The van der Waals surface area contributed by atoms with Crippen molar-refractivity contribution in [3.8, 4) is 0 Å². The van der Waals surface area contributed by atoms with Crippen molar-refractivity contribution in [2.45, 2.75) is 4.90 Å². The molecular weight excluding hydrogens is 273 g/mol. The number of hydrogen-bond acceptors (Lipinski definition) is 2. The monoisotopic (exact) mass is 285 g/mol. The van der Waals surface area contributed by atoms with Crippen LogP contribution >= 0.6 is 47.4 Å². The molecule has 0 N–H and O–H groups in total. The normalized spacial score (nSPS) is 10.2. The number of rotatable bonds is 4. The summed E-state index contributed by atoms with van der Waals surface area (Å²) in [5.74, 6) is 1.04. The Hall–Kier alpha value is 0.400. The first-order chi connectivity index (χ1) is 6.59. The van der Waals surface area contributed by atoms with Crippen molar-refractivity contribution in [1.82, 2.24) is 4.90 Å². The van der Waals surface area contributed by atoms with Crippen LogP contribution in [0.25, 0.3) is 0 Å². The van der Waals surface area contributed by atoms with Gasteiger partial charge in [-0.1, -0.05) is 23.2 Å². The first-order valence-corrected chi connectivity index (χ1v) is 6.06. The fourth-order valence-electron chi connectivity index (χ4n) is 0.930. The summed E-state index contributed by atoms with van der Waals surface area (Å²) >= 11 is 13.6. The number of nitrogens with zero attached hydrogens (tertiary/aromatic N) is 1. The molecule has 86 valence electrons. The highest BCUT2D eigenvalue weighted by Gasteiger charge is 2.01. The number of benzene rings is 1. The SMILES string of the molecule is CN(C)CCSc1ccc(Cl)cc1Cl.Cl. The Labute approximate surface area is 112 Å². The van der Waals surface area contributed by atoms with E-state index in [-0.39, 0.29) is 12.4 Å². The summed E-state index contributed by atoms with van der Waals surface area (Å²) < 4.78 is 0. The highest BCUT2D eigenvalue weighted by atomic mass is 35.5. The fourth-order valence-corrected chi connectivity index (χ4v) is 2.54. The van der Waals surface area contributed by atoms with E-state index in [0.717, 1.165) is 22.2 Å². The molecule has 0 unspecified atom stereocenters. The van der Waals surface area contributed by atoms with E-state index in [2.05, 4.69) is 19.0 Å². The van der Waals surface area contributed by atoms with Gasteiger partial charge in [-0.05, 0) is 32.3 Å². The second-order valence-corrected chi connectivity index (χ2v) is 5.21. The second-order valence-electron chi connectivity index (χ2n) is 3.23. The van der Waals surface area contributed by atoms with Gasteiger partial charge in [0.1, 0.15) is 0 Å². The van der Waals surface area contributed by atoms with Crippen LogP contribution in [0.4, 0.5) is 0 Å². The van der Waals surface area contributed by atoms with Gasteiger partial charge in [-0.2, -0.15) is 0 Å². The zero-order valence-corrected chi connectivity index (χ0v) is 11.8. The molecule has 15 heavy (non-hydrogen) atoms. The largest absolute Gasteiger partial charge is 0.309 e. The molecular formula is C10H14Cl3NS. The van der Waals surface area contributed by atoms with Gasteiger partial charge in [0.05, 0.1) is 5.02 Å². The van der Waals surface area contributed by atoms with Crippen LogP contribution in [0.3, 0.4) is 0 Å². The molecule has 0 heterocycles. The summed E-state index contributed by atoms with van der Waals surface area (Å²) in [5.41, 5.74) is 0. The molecule has 0 aliphatic heterocycles. The minimum Gasteiger partial charge on any atom is -0.309 e. The van der Waals surface area contributed by atoms with E-state index in [9.17, 15) is 0 Å². The van der Waals surface area contributed by atoms with Gasteiger partial charge in [-0.25, -0.2) is 0 Å².